The van der Waals surface area contributed by atoms with Crippen LogP contribution in [-0.4, -0.2) is 42.2 Å². The molecule has 0 amide bonds. The number of sulfone groups is 1. The van der Waals surface area contributed by atoms with Crippen molar-refractivity contribution >= 4 is 25.8 Å². The normalized spacial score (nSPS) is 11.9. The van der Waals surface area contributed by atoms with E-state index in [1.54, 1.807) is 31.2 Å². The fourth-order valence-corrected chi connectivity index (χ4v) is 5.40. The van der Waals surface area contributed by atoms with Crippen molar-refractivity contribution in [2.45, 2.75) is 24.0 Å². The molecule has 0 atom stereocenters. The summed E-state index contributed by atoms with van der Waals surface area (Å²) in [5.41, 5.74) is 1.35. The summed E-state index contributed by atoms with van der Waals surface area (Å²) in [5, 5.41) is 0. The van der Waals surface area contributed by atoms with Gasteiger partial charge in [-0.3, -0.25) is 0 Å². The molecule has 0 aliphatic carbocycles. The molecule has 0 unspecified atom stereocenters. The van der Waals surface area contributed by atoms with Gasteiger partial charge in [0, 0.05) is 6.54 Å². The van der Waals surface area contributed by atoms with Crippen molar-refractivity contribution in [1.29, 1.82) is 0 Å². The molecular formula is C19H23NO6S2. The van der Waals surface area contributed by atoms with Crippen molar-refractivity contribution in [3.8, 4) is 0 Å². The van der Waals surface area contributed by atoms with Gasteiger partial charge < -0.3 is 4.74 Å². The molecule has 0 aliphatic heterocycles. The van der Waals surface area contributed by atoms with Gasteiger partial charge >= 0.3 is 5.97 Å². The van der Waals surface area contributed by atoms with Crippen molar-refractivity contribution in [2.24, 2.45) is 0 Å². The number of nitrogens with one attached hydrogen (secondary N) is 1. The van der Waals surface area contributed by atoms with Crippen LogP contribution in [0.2, 0.25) is 0 Å². The smallest absolute Gasteiger partial charge is 0.337 e. The van der Waals surface area contributed by atoms with Crippen LogP contribution in [0.4, 0.5) is 0 Å². The van der Waals surface area contributed by atoms with Crippen molar-refractivity contribution in [2.75, 3.05) is 19.4 Å². The molecule has 2 aromatic carbocycles. The lowest BCUT2D eigenvalue weighted by atomic mass is 10.1. The highest BCUT2D eigenvalue weighted by molar-refractivity contribution is 7.90. The van der Waals surface area contributed by atoms with Gasteiger partial charge in [0.05, 0.1) is 29.1 Å². The Morgan fingerprint density at radius 2 is 1.71 bits per heavy atom. The number of esters is 1. The van der Waals surface area contributed by atoms with Gasteiger partial charge in [-0.15, -0.1) is 0 Å². The minimum Gasteiger partial charge on any atom is -0.465 e. The summed E-state index contributed by atoms with van der Waals surface area (Å²) in [7, 11) is -5.90. The van der Waals surface area contributed by atoms with Crippen LogP contribution in [0.25, 0.3) is 0 Å². The molecule has 9 heteroatoms. The van der Waals surface area contributed by atoms with Gasteiger partial charge in [-0.05, 0) is 42.7 Å². The summed E-state index contributed by atoms with van der Waals surface area (Å²) in [5.74, 6) is -0.747. The first-order chi connectivity index (χ1) is 13.1. The van der Waals surface area contributed by atoms with E-state index in [2.05, 4.69) is 9.46 Å². The van der Waals surface area contributed by atoms with E-state index >= 15 is 0 Å². The molecule has 0 heterocycles. The fourth-order valence-electron chi connectivity index (χ4n) is 2.67. The monoisotopic (exact) mass is 425 g/mol. The minimum atomic E-state index is -3.81. The molecule has 0 saturated carbocycles. The highest BCUT2D eigenvalue weighted by atomic mass is 32.2. The van der Waals surface area contributed by atoms with Gasteiger partial charge in [0.1, 0.15) is 0 Å². The first kappa shape index (κ1) is 22.1. The average molecular weight is 426 g/mol. The van der Waals surface area contributed by atoms with Crippen molar-refractivity contribution < 1.29 is 26.4 Å². The average Bonchev–Trinajstić information content (AvgIpc) is 2.64. The number of benzene rings is 2. The molecule has 28 heavy (non-hydrogen) atoms. The predicted octanol–water partition coefficient (Wildman–Crippen LogP) is 2.07. The lowest BCUT2D eigenvalue weighted by molar-refractivity contribution is 0.0600. The maximum Gasteiger partial charge on any atom is 0.337 e. The lowest BCUT2D eigenvalue weighted by Crippen LogP contribution is -2.27. The van der Waals surface area contributed by atoms with E-state index in [9.17, 15) is 21.6 Å². The van der Waals surface area contributed by atoms with Crippen molar-refractivity contribution in [3.63, 3.8) is 0 Å². The Bertz CT molecular complexity index is 1030. The molecule has 0 aliphatic rings. The number of ether oxygens (including phenoxy) is 1. The number of carbonyl (C=O) groups excluding carboxylic acids is 1. The Morgan fingerprint density at radius 3 is 2.32 bits per heavy atom. The Hall–Kier alpha value is -2.23. The Balaban J connectivity index is 1.94. The topological polar surface area (TPSA) is 107 Å². The van der Waals surface area contributed by atoms with Crippen LogP contribution in [0, 0.1) is 6.92 Å². The molecular weight excluding hydrogens is 402 g/mol. The maximum atomic E-state index is 12.4. The van der Waals surface area contributed by atoms with E-state index in [4.69, 9.17) is 0 Å². The highest BCUT2D eigenvalue weighted by Crippen LogP contribution is 2.17. The lowest BCUT2D eigenvalue weighted by Gasteiger charge is -2.10. The third kappa shape index (κ3) is 6.15. The van der Waals surface area contributed by atoms with E-state index in [-0.39, 0.29) is 34.9 Å². The molecule has 0 aromatic heterocycles. The number of methoxy groups -OCH3 is 1. The minimum absolute atomic E-state index is 0.00541. The summed E-state index contributed by atoms with van der Waals surface area (Å²) < 4.78 is 56.2. The Labute approximate surface area is 165 Å². The van der Waals surface area contributed by atoms with Crippen LogP contribution in [0.5, 0.6) is 0 Å². The van der Waals surface area contributed by atoms with Gasteiger partial charge in [0.2, 0.25) is 10.0 Å². The summed E-state index contributed by atoms with van der Waals surface area (Å²) in [6, 6.07) is 13.0. The summed E-state index contributed by atoms with van der Waals surface area (Å²) in [4.78, 5) is 11.6. The van der Waals surface area contributed by atoms with E-state index in [0.717, 1.165) is 0 Å². The number of aryl methyl sites for hydroxylation is 1. The number of rotatable bonds is 9. The van der Waals surface area contributed by atoms with Crippen LogP contribution in [0.3, 0.4) is 0 Å². The van der Waals surface area contributed by atoms with Crippen LogP contribution < -0.4 is 4.72 Å². The van der Waals surface area contributed by atoms with E-state index in [1.165, 1.54) is 25.3 Å². The standard InChI is InChI=1S/C19H23NO6S2/c1-15-13-17(19(21)26-2)9-10-18(15)28(24,25)20-11-6-12-27(22,23)14-16-7-4-3-5-8-16/h3-5,7-10,13,20H,6,11-12,14H2,1-2H3. The second-order valence-corrected chi connectivity index (χ2v) is 10.2. The quantitative estimate of drug-likeness (QED) is 0.487. The number of hydrogen-bond acceptors (Lipinski definition) is 6. The largest absolute Gasteiger partial charge is 0.465 e. The van der Waals surface area contributed by atoms with Gasteiger partial charge in [-0.2, -0.15) is 0 Å². The molecule has 152 valence electrons. The molecule has 0 spiro atoms. The summed E-state index contributed by atoms with van der Waals surface area (Å²) >= 11 is 0. The number of hydrogen-bond donors (Lipinski definition) is 1. The zero-order chi connectivity index (χ0) is 20.8. The highest BCUT2D eigenvalue weighted by Gasteiger charge is 2.19. The predicted molar refractivity (Wildman–Crippen MR) is 106 cm³/mol. The molecule has 0 fully saturated rings. The van der Waals surface area contributed by atoms with Crippen LogP contribution in [-0.2, 0) is 30.4 Å². The van der Waals surface area contributed by atoms with Gasteiger partial charge in [0.25, 0.3) is 0 Å². The van der Waals surface area contributed by atoms with Crippen LogP contribution in [0.1, 0.15) is 27.9 Å². The molecule has 1 N–H and O–H groups in total. The molecule has 2 rings (SSSR count). The first-order valence-electron chi connectivity index (χ1n) is 8.57. The third-order valence-electron chi connectivity index (χ3n) is 4.04. The van der Waals surface area contributed by atoms with Crippen LogP contribution >= 0.6 is 0 Å². The first-order valence-corrected chi connectivity index (χ1v) is 11.9. The molecule has 0 bridgehead atoms. The summed E-state index contributed by atoms with van der Waals surface area (Å²) in [6.07, 6.45) is 0.160. The summed E-state index contributed by atoms with van der Waals surface area (Å²) in [6.45, 7) is 1.57. The Kier molecular flexibility index (Phi) is 7.34. The van der Waals surface area contributed by atoms with E-state index < -0.39 is 25.8 Å². The van der Waals surface area contributed by atoms with Gasteiger partial charge in [0.15, 0.2) is 9.84 Å². The third-order valence-corrected chi connectivity index (χ3v) is 7.34. The number of sulfonamides is 1. The van der Waals surface area contributed by atoms with Gasteiger partial charge in [-0.25, -0.2) is 26.4 Å². The van der Waals surface area contributed by atoms with Crippen molar-refractivity contribution in [1.82, 2.24) is 4.72 Å². The molecule has 0 radical (unpaired) electrons. The fraction of sp³-hybridized carbons (Fsp3) is 0.316. The zero-order valence-electron chi connectivity index (χ0n) is 15.7. The maximum absolute atomic E-state index is 12.4. The van der Waals surface area contributed by atoms with Crippen molar-refractivity contribution in [3.05, 3.63) is 65.2 Å². The molecule has 2 aromatic rings. The molecule has 7 nitrogen and oxygen atoms in total. The second-order valence-electron chi connectivity index (χ2n) is 6.30. The second kappa shape index (κ2) is 9.31. The van der Waals surface area contributed by atoms with Gasteiger partial charge in [-0.1, -0.05) is 30.3 Å². The Morgan fingerprint density at radius 1 is 1.04 bits per heavy atom. The van der Waals surface area contributed by atoms with E-state index in [1.807, 2.05) is 6.07 Å². The van der Waals surface area contributed by atoms with Crippen LogP contribution in [0.15, 0.2) is 53.4 Å². The SMILES string of the molecule is COC(=O)c1ccc(S(=O)(=O)NCCCS(=O)(=O)Cc2ccccc2)c(C)c1. The zero-order valence-corrected chi connectivity index (χ0v) is 17.3. The molecule has 0 saturated heterocycles. The number of carbonyl (C=O) groups is 1. The van der Waals surface area contributed by atoms with E-state index in [0.29, 0.717) is 11.1 Å².